The van der Waals surface area contributed by atoms with Crippen LogP contribution in [0.3, 0.4) is 0 Å². The van der Waals surface area contributed by atoms with Crippen molar-refractivity contribution < 1.29 is 0 Å². The van der Waals surface area contributed by atoms with E-state index in [0.29, 0.717) is 0 Å². The van der Waals surface area contributed by atoms with E-state index in [9.17, 15) is 0 Å². The van der Waals surface area contributed by atoms with E-state index < -0.39 is 0 Å². The molecule has 0 bridgehead atoms. The van der Waals surface area contributed by atoms with Crippen molar-refractivity contribution >= 4 is 0 Å². The number of nitrogens with zero attached hydrogens (tertiary/aromatic N) is 4. The number of hydrogen-bond donors (Lipinski definition) is 1. The third kappa shape index (κ3) is 3.35. The molecule has 0 amide bonds. The number of aromatic nitrogens is 4. The van der Waals surface area contributed by atoms with Crippen LogP contribution in [0.4, 0.5) is 0 Å². The van der Waals surface area contributed by atoms with E-state index in [0.717, 1.165) is 37.0 Å². The molecule has 2 rings (SSSR count). The van der Waals surface area contributed by atoms with Gasteiger partial charge in [-0.05, 0) is 19.9 Å². The topological polar surface area (TPSA) is 55.6 Å². The molecule has 0 atom stereocenters. The quantitative estimate of drug-likeness (QED) is 0.782. The maximum absolute atomic E-state index is 4.33. The van der Waals surface area contributed by atoms with E-state index in [4.69, 9.17) is 0 Å². The molecule has 2 aromatic rings. The molecule has 1 N–H and O–H groups in total. The van der Waals surface area contributed by atoms with Crippen LogP contribution < -0.4 is 5.32 Å². The van der Waals surface area contributed by atoms with Gasteiger partial charge >= 0.3 is 0 Å². The van der Waals surface area contributed by atoms with Gasteiger partial charge in [0.25, 0.3) is 0 Å². The van der Waals surface area contributed by atoms with Crippen molar-refractivity contribution in [2.45, 2.75) is 26.9 Å². The van der Waals surface area contributed by atoms with E-state index in [2.05, 4.69) is 24.8 Å². The molecule has 0 aliphatic carbocycles. The van der Waals surface area contributed by atoms with Gasteiger partial charge in [0.05, 0.1) is 5.69 Å². The van der Waals surface area contributed by atoms with Crippen molar-refractivity contribution in [3.63, 3.8) is 0 Å². The maximum Gasteiger partial charge on any atom is 0.125 e. The normalized spacial score (nSPS) is 10.7. The molecule has 17 heavy (non-hydrogen) atoms. The lowest BCUT2D eigenvalue weighted by Crippen LogP contribution is -2.20. The molecule has 90 valence electrons. The summed E-state index contributed by atoms with van der Waals surface area (Å²) in [6, 6.07) is 1.93. The van der Waals surface area contributed by atoms with Crippen LogP contribution in [0.2, 0.25) is 0 Å². The van der Waals surface area contributed by atoms with Gasteiger partial charge in [0.15, 0.2) is 0 Å². The van der Waals surface area contributed by atoms with Crippen LogP contribution in [0.1, 0.15) is 17.3 Å². The van der Waals surface area contributed by atoms with Gasteiger partial charge in [-0.3, -0.25) is 0 Å². The predicted octanol–water partition coefficient (Wildman–Crippen LogP) is 1.08. The van der Waals surface area contributed by atoms with Crippen LogP contribution in [-0.4, -0.2) is 26.1 Å². The Morgan fingerprint density at radius 2 is 2.12 bits per heavy atom. The van der Waals surface area contributed by atoms with Gasteiger partial charge in [0.2, 0.25) is 0 Å². The fourth-order valence-corrected chi connectivity index (χ4v) is 1.66. The molecular formula is C12H17N5. The first-order valence-electron chi connectivity index (χ1n) is 5.72. The van der Waals surface area contributed by atoms with Crippen molar-refractivity contribution in [2.24, 2.45) is 0 Å². The molecule has 0 aromatic carbocycles. The van der Waals surface area contributed by atoms with Gasteiger partial charge in [-0.2, -0.15) is 0 Å². The number of rotatable bonds is 5. The van der Waals surface area contributed by atoms with Crippen LogP contribution in [0.5, 0.6) is 0 Å². The van der Waals surface area contributed by atoms with E-state index in [-0.39, 0.29) is 0 Å². The molecule has 5 nitrogen and oxygen atoms in total. The Balaban J connectivity index is 1.75. The lowest BCUT2D eigenvalue weighted by atomic mass is 10.4. The SMILES string of the molecule is Cc1nccc(CNCCn2ccnc2C)n1. The van der Waals surface area contributed by atoms with E-state index in [1.807, 2.05) is 32.3 Å². The second kappa shape index (κ2) is 5.54. The number of nitrogens with one attached hydrogen (secondary N) is 1. The lowest BCUT2D eigenvalue weighted by molar-refractivity contribution is 0.582. The molecule has 0 aliphatic heterocycles. The maximum atomic E-state index is 4.33. The summed E-state index contributed by atoms with van der Waals surface area (Å²) in [6.07, 6.45) is 5.61. The minimum absolute atomic E-state index is 0.775. The zero-order valence-corrected chi connectivity index (χ0v) is 10.2. The third-order valence-electron chi connectivity index (χ3n) is 2.59. The lowest BCUT2D eigenvalue weighted by Gasteiger charge is -2.06. The monoisotopic (exact) mass is 231 g/mol. The highest BCUT2D eigenvalue weighted by Crippen LogP contribution is 1.95. The first-order chi connectivity index (χ1) is 8.25. The number of aryl methyl sites for hydroxylation is 2. The minimum Gasteiger partial charge on any atom is -0.334 e. The van der Waals surface area contributed by atoms with Gasteiger partial charge in [0.1, 0.15) is 11.6 Å². The highest BCUT2D eigenvalue weighted by atomic mass is 15.1. The van der Waals surface area contributed by atoms with Crippen molar-refractivity contribution in [1.82, 2.24) is 24.8 Å². The highest BCUT2D eigenvalue weighted by Gasteiger charge is 1.97. The predicted molar refractivity (Wildman–Crippen MR) is 65.4 cm³/mol. The summed E-state index contributed by atoms with van der Waals surface area (Å²) in [7, 11) is 0. The van der Waals surface area contributed by atoms with Crippen molar-refractivity contribution in [3.05, 3.63) is 42.0 Å². The zero-order chi connectivity index (χ0) is 12.1. The highest BCUT2D eigenvalue weighted by molar-refractivity contribution is 5.00. The fraction of sp³-hybridized carbons (Fsp3) is 0.417. The zero-order valence-electron chi connectivity index (χ0n) is 10.2. The van der Waals surface area contributed by atoms with Gasteiger partial charge in [-0.1, -0.05) is 0 Å². The molecule has 5 heteroatoms. The van der Waals surface area contributed by atoms with Crippen molar-refractivity contribution in [2.75, 3.05) is 6.54 Å². The molecule has 0 spiro atoms. The number of imidazole rings is 1. The van der Waals surface area contributed by atoms with E-state index in [1.165, 1.54) is 0 Å². The second-order valence-corrected chi connectivity index (χ2v) is 3.94. The molecule has 2 heterocycles. The Kier molecular flexibility index (Phi) is 3.82. The molecule has 0 unspecified atom stereocenters. The van der Waals surface area contributed by atoms with Gasteiger partial charge < -0.3 is 9.88 Å². The third-order valence-corrected chi connectivity index (χ3v) is 2.59. The average molecular weight is 231 g/mol. The average Bonchev–Trinajstić information content (AvgIpc) is 2.71. The molecule has 0 fully saturated rings. The Morgan fingerprint density at radius 3 is 2.82 bits per heavy atom. The Bertz CT molecular complexity index is 477. The van der Waals surface area contributed by atoms with Gasteiger partial charge in [-0.15, -0.1) is 0 Å². The molecule has 0 saturated carbocycles. The second-order valence-electron chi connectivity index (χ2n) is 3.94. The molecule has 2 aromatic heterocycles. The van der Waals surface area contributed by atoms with Crippen LogP contribution in [0.25, 0.3) is 0 Å². The van der Waals surface area contributed by atoms with Crippen LogP contribution in [-0.2, 0) is 13.1 Å². The minimum atomic E-state index is 0.775. The Morgan fingerprint density at radius 1 is 1.24 bits per heavy atom. The summed E-state index contributed by atoms with van der Waals surface area (Å²) >= 11 is 0. The van der Waals surface area contributed by atoms with Gasteiger partial charge in [0, 0.05) is 38.2 Å². The smallest absolute Gasteiger partial charge is 0.125 e. The standard InChI is InChI=1S/C12H17N5/c1-10-14-4-3-12(16-10)9-13-5-7-17-8-6-15-11(17)2/h3-4,6,8,13H,5,7,9H2,1-2H3. The number of hydrogen-bond acceptors (Lipinski definition) is 4. The van der Waals surface area contributed by atoms with Crippen LogP contribution in [0, 0.1) is 13.8 Å². The first kappa shape index (κ1) is 11.7. The fourth-order valence-electron chi connectivity index (χ4n) is 1.66. The summed E-state index contributed by atoms with van der Waals surface area (Å²) < 4.78 is 2.12. The first-order valence-corrected chi connectivity index (χ1v) is 5.72. The summed E-state index contributed by atoms with van der Waals surface area (Å²) in [6.45, 7) is 6.51. The van der Waals surface area contributed by atoms with E-state index in [1.54, 1.807) is 6.20 Å². The summed E-state index contributed by atoms with van der Waals surface area (Å²) in [5.74, 6) is 1.86. The largest absolute Gasteiger partial charge is 0.334 e. The van der Waals surface area contributed by atoms with Gasteiger partial charge in [-0.25, -0.2) is 15.0 Å². The molecule has 0 aliphatic rings. The van der Waals surface area contributed by atoms with E-state index >= 15 is 0 Å². The van der Waals surface area contributed by atoms with Crippen LogP contribution in [0.15, 0.2) is 24.7 Å². The summed E-state index contributed by atoms with van der Waals surface area (Å²) in [5, 5.41) is 3.36. The Hall–Kier alpha value is -1.75. The molecule has 0 saturated heterocycles. The Labute approximate surface area is 101 Å². The summed E-state index contributed by atoms with van der Waals surface area (Å²) in [4.78, 5) is 12.6. The van der Waals surface area contributed by atoms with Crippen LogP contribution >= 0.6 is 0 Å². The molecular weight excluding hydrogens is 214 g/mol. The molecule has 0 radical (unpaired) electrons. The summed E-state index contributed by atoms with van der Waals surface area (Å²) in [5.41, 5.74) is 1.03. The van der Waals surface area contributed by atoms with Crippen molar-refractivity contribution in [3.8, 4) is 0 Å². The van der Waals surface area contributed by atoms with Crippen molar-refractivity contribution in [1.29, 1.82) is 0 Å².